The Balaban J connectivity index is 1.15. The molecule has 3 aromatic rings. The predicted octanol–water partition coefficient (Wildman–Crippen LogP) is 7.07. The van der Waals surface area contributed by atoms with E-state index in [4.69, 9.17) is 41.9 Å². The number of fused-ring (bicyclic) bond motifs is 2. The molecule has 1 N–H and O–H groups in total. The average molecular weight is 600 g/mol. The molecule has 2 bridgehead atoms. The number of amides is 2. The monoisotopic (exact) mass is 599 g/mol. The molecule has 2 aliphatic heterocycles. The normalized spacial score (nSPS) is 21.6. The number of benzene rings is 2. The number of nitrogens with zero attached hydrogens (tertiary/aromatic N) is 2. The Morgan fingerprint density at radius 1 is 1.05 bits per heavy atom. The van der Waals surface area contributed by atoms with Crippen molar-refractivity contribution in [3.8, 4) is 17.0 Å². The van der Waals surface area contributed by atoms with Gasteiger partial charge in [0.2, 0.25) is 0 Å². The van der Waals surface area contributed by atoms with E-state index >= 15 is 0 Å². The van der Waals surface area contributed by atoms with Crippen molar-refractivity contribution in [2.24, 2.45) is 0 Å². The van der Waals surface area contributed by atoms with Gasteiger partial charge in [-0.3, -0.25) is 0 Å². The van der Waals surface area contributed by atoms with Crippen molar-refractivity contribution in [1.29, 1.82) is 0 Å². The van der Waals surface area contributed by atoms with Gasteiger partial charge in [0.25, 0.3) is 0 Å². The lowest BCUT2D eigenvalue weighted by molar-refractivity contribution is -0.0158. The van der Waals surface area contributed by atoms with Gasteiger partial charge in [0.1, 0.15) is 17.2 Å². The van der Waals surface area contributed by atoms with E-state index < -0.39 is 5.97 Å². The van der Waals surface area contributed by atoms with Crippen LogP contribution < -0.4 is 10.1 Å². The minimum Gasteiger partial charge on any atom is -0.495 e. The molecule has 1 aliphatic carbocycles. The Kier molecular flexibility index (Phi) is 7.85. The SMILES string of the molecule is COC(=O)c1ccc(OC)c(NC(=O)N2C3CCC2CC(OCc2c(-c4c(Cl)cccc4Cl)noc2C2CC2)C3)c1. The number of hydrogen-bond donors (Lipinski definition) is 1. The van der Waals surface area contributed by atoms with Crippen LogP contribution in [0, 0.1) is 0 Å². The van der Waals surface area contributed by atoms with E-state index in [0.717, 1.165) is 49.8 Å². The highest BCUT2D eigenvalue weighted by Crippen LogP contribution is 2.46. The van der Waals surface area contributed by atoms with Crippen LogP contribution in [-0.4, -0.2) is 54.5 Å². The summed E-state index contributed by atoms with van der Waals surface area (Å²) in [5.74, 6) is 1.16. The number of carbonyl (C=O) groups excluding carboxylic acids is 2. The van der Waals surface area contributed by atoms with Gasteiger partial charge in [0, 0.05) is 29.1 Å². The summed E-state index contributed by atoms with van der Waals surface area (Å²) in [7, 11) is 2.84. The third kappa shape index (κ3) is 5.50. The first-order valence-electron chi connectivity index (χ1n) is 13.8. The molecule has 2 unspecified atom stereocenters. The first kappa shape index (κ1) is 27.9. The Morgan fingerprint density at radius 2 is 1.76 bits per heavy atom. The fraction of sp³-hybridized carbons (Fsp3) is 0.433. The second-order valence-electron chi connectivity index (χ2n) is 10.8. The summed E-state index contributed by atoms with van der Waals surface area (Å²) in [5, 5.41) is 8.34. The van der Waals surface area contributed by atoms with Gasteiger partial charge >= 0.3 is 12.0 Å². The summed E-state index contributed by atoms with van der Waals surface area (Å²) in [6.45, 7) is 0.333. The van der Waals surface area contributed by atoms with Crippen LogP contribution in [0.15, 0.2) is 40.9 Å². The maximum absolute atomic E-state index is 13.4. The zero-order valence-corrected chi connectivity index (χ0v) is 24.3. The fourth-order valence-corrected chi connectivity index (χ4v) is 6.65. The lowest BCUT2D eigenvalue weighted by Crippen LogP contribution is -2.50. The van der Waals surface area contributed by atoms with Gasteiger partial charge in [0.05, 0.1) is 48.2 Å². The molecule has 1 saturated carbocycles. The number of aromatic nitrogens is 1. The van der Waals surface area contributed by atoms with E-state index in [1.54, 1.807) is 36.4 Å². The molecule has 0 radical (unpaired) electrons. The van der Waals surface area contributed by atoms with Gasteiger partial charge in [0.15, 0.2) is 0 Å². The Hall–Kier alpha value is -3.27. The number of anilines is 1. The number of rotatable bonds is 8. The molecule has 2 amide bonds. The highest BCUT2D eigenvalue weighted by Gasteiger charge is 2.44. The molecule has 3 aliphatic rings. The topological polar surface area (TPSA) is 103 Å². The number of esters is 1. The van der Waals surface area contributed by atoms with Crippen LogP contribution >= 0.6 is 23.2 Å². The van der Waals surface area contributed by atoms with Crippen molar-refractivity contribution in [3.63, 3.8) is 0 Å². The number of urea groups is 1. The van der Waals surface area contributed by atoms with Gasteiger partial charge in [-0.15, -0.1) is 0 Å². The van der Waals surface area contributed by atoms with Crippen molar-refractivity contribution < 1.29 is 28.3 Å². The highest BCUT2D eigenvalue weighted by molar-refractivity contribution is 6.39. The molecule has 41 heavy (non-hydrogen) atoms. The number of ether oxygens (including phenoxy) is 3. The summed E-state index contributed by atoms with van der Waals surface area (Å²) in [6, 6.07) is 10.0. The smallest absolute Gasteiger partial charge is 0.337 e. The Labute approximate surface area is 248 Å². The van der Waals surface area contributed by atoms with Crippen molar-refractivity contribution in [1.82, 2.24) is 10.1 Å². The molecular weight excluding hydrogens is 569 g/mol. The molecular formula is C30H31Cl2N3O6. The van der Waals surface area contributed by atoms with E-state index in [1.807, 2.05) is 4.90 Å². The maximum Gasteiger partial charge on any atom is 0.337 e. The quantitative estimate of drug-likeness (QED) is 0.276. The van der Waals surface area contributed by atoms with E-state index in [-0.39, 0.29) is 24.2 Å². The zero-order chi connectivity index (χ0) is 28.7. The number of nitrogens with one attached hydrogen (secondary N) is 1. The molecule has 0 spiro atoms. The summed E-state index contributed by atoms with van der Waals surface area (Å²) in [6.07, 6.45) is 5.33. The van der Waals surface area contributed by atoms with E-state index in [2.05, 4.69) is 10.5 Å². The minimum atomic E-state index is -0.487. The number of carbonyl (C=O) groups is 2. The van der Waals surface area contributed by atoms with Crippen molar-refractivity contribution in [2.45, 2.75) is 69.2 Å². The van der Waals surface area contributed by atoms with Crippen molar-refractivity contribution >= 4 is 40.9 Å². The van der Waals surface area contributed by atoms with Gasteiger partial charge in [-0.05, 0) is 68.9 Å². The summed E-state index contributed by atoms with van der Waals surface area (Å²) in [4.78, 5) is 27.4. The Morgan fingerprint density at radius 3 is 2.39 bits per heavy atom. The standard InChI is InChI=1S/C30H31Cl2N3O6/c1-38-25-11-8-17(29(36)39-2)12-24(25)33-30(37)35-18-9-10-19(35)14-20(13-18)40-15-21-27(34-41-28(21)16-6-7-16)26-22(31)4-3-5-23(26)32/h3-5,8,11-12,16,18-20H,6-7,9-10,13-15H2,1-2H3,(H,33,37). The van der Waals surface area contributed by atoms with Crippen LogP contribution in [0.3, 0.4) is 0 Å². The number of piperidine rings is 1. The summed E-state index contributed by atoms with van der Waals surface area (Å²) in [5.41, 5.74) is 2.93. The molecule has 2 aromatic carbocycles. The Bertz CT molecular complexity index is 1440. The third-order valence-electron chi connectivity index (χ3n) is 8.22. The molecule has 216 valence electrons. The van der Waals surface area contributed by atoms with Gasteiger partial charge in [-0.25, -0.2) is 9.59 Å². The van der Waals surface area contributed by atoms with Crippen LogP contribution in [0.1, 0.15) is 66.1 Å². The van der Waals surface area contributed by atoms with Crippen LogP contribution in [0.4, 0.5) is 10.5 Å². The second kappa shape index (κ2) is 11.5. The minimum absolute atomic E-state index is 0.0229. The summed E-state index contributed by atoms with van der Waals surface area (Å²) >= 11 is 13.0. The van der Waals surface area contributed by atoms with Crippen molar-refractivity contribution in [2.75, 3.05) is 19.5 Å². The third-order valence-corrected chi connectivity index (χ3v) is 8.85. The molecule has 3 heterocycles. The fourth-order valence-electron chi connectivity index (χ4n) is 6.07. The maximum atomic E-state index is 13.4. The van der Waals surface area contributed by atoms with Crippen LogP contribution in [0.5, 0.6) is 5.75 Å². The molecule has 6 rings (SSSR count). The van der Waals surface area contributed by atoms with Crippen LogP contribution in [0.25, 0.3) is 11.3 Å². The highest BCUT2D eigenvalue weighted by atomic mass is 35.5. The van der Waals surface area contributed by atoms with Gasteiger partial charge < -0.3 is 29.0 Å². The number of methoxy groups -OCH3 is 2. The van der Waals surface area contributed by atoms with Crippen molar-refractivity contribution in [3.05, 3.63) is 63.3 Å². The average Bonchev–Trinajstić information content (AvgIpc) is 3.67. The lowest BCUT2D eigenvalue weighted by Gasteiger charge is -2.38. The predicted molar refractivity (Wildman–Crippen MR) is 154 cm³/mol. The molecule has 1 aromatic heterocycles. The first-order valence-corrected chi connectivity index (χ1v) is 14.5. The summed E-state index contributed by atoms with van der Waals surface area (Å²) < 4.78 is 22.5. The van der Waals surface area contributed by atoms with Crippen LogP contribution in [0.2, 0.25) is 10.0 Å². The molecule has 3 fully saturated rings. The largest absolute Gasteiger partial charge is 0.495 e. The zero-order valence-electron chi connectivity index (χ0n) is 22.8. The number of halogens is 2. The van der Waals surface area contributed by atoms with Gasteiger partial charge in [-0.1, -0.05) is 34.4 Å². The lowest BCUT2D eigenvalue weighted by atomic mass is 9.99. The molecule has 9 nitrogen and oxygen atoms in total. The number of hydrogen-bond acceptors (Lipinski definition) is 7. The van der Waals surface area contributed by atoms with E-state index in [0.29, 0.717) is 50.8 Å². The first-order chi connectivity index (χ1) is 19.9. The molecule has 2 atom stereocenters. The molecule has 2 saturated heterocycles. The van der Waals surface area contributed by atoms with Gasteiger partial charge in [-0.2, -0.15) is 0 Å². The second-order valence-corrected chi connectivity index (χ2v) is 11.6. The van der Waals surface area contributed by atoms with E-state index in [1.165, 1.54) is 14.2 Å². The molecule has 11 heteroatoms. The van der Waals surface area contributed by atoms with Crippen LogP contribution in [-0.2, 0) is 16.1 Å². The van der Waals surface area contributed by atoms with E-state index in [9.17, 15) is 9.59 Å².